The van der Waals surface area contributed by atoms with Crippen LogP contribution in [0.5, 0.6) is 0 Å². The molecule has 2 rings (SSSR count). The highest BCUT2D eigenvalue weighted by Crippen LogP contribution is 2.31. The van der Waals surface area contributed by atoms with E-state index in [1.165, 1.54) is 36.5 Å². The van der Waals surface area contributed by atoms with Gasteiger partial charge in [-0.25, -0.2) is 4.79 Å². The van der Waals surface area contributed by atoms with E-state index in [0.29, 0.717) is 5.92 Å². The number of carbonyl (C=O) groups is 1. The maximum absolute atomic E-state index is 11.1. The van der Waals surface area contributed by atoms with Crippen LogP contribution >= 0.6 is 0 Å². The van der Waals surface area contributed by atoms with E-state index in [9.17, 15) is 4.79 Å². The van der Waals surface area contributed by atoms with Gasteiger partial charge in [-0.05, 0) is 66.7 Å². The molecule has 0 radical (unpaired) electrons. The van der Waals surface area contributed by atoms with Gasteiger partial charge in [0, 0.05) is 6.08 Å². The number of hydrogen-bond donors (Lipinski definition) is 1. The molecule has 0 aliphatic heterocycles. The number of benzene rings is 1. The van der Waals surface area contributed by atoms with Gasteiger partial charge in [0.05, 0.1) is 0 Å². The summed E-state index contributed by atoms with van der Waals surface area (Å²) < 4.78 is 0. The van der Waals surface area contributed by atoms with Crippen LogP contribution in [-0.2, 0) is 17.6 Å². The Morgan fingerprint density at radius 2 is 1.85 bits per heavy atom. The average Bonchev–Trinajstić information content (AvgIpc) is 2.46. The van der Waals surface area contributed by atoms with Crippen molar-refractivity contribution in [2.75, 3.05) is 0 Å². The van der Waals surface area contributed by atoms with Crippen molar-refractivity contribution in [3.8, 4) is 0 Å². The molecule has 1 aromatic rings. The lowest BCUT2D eigenvalue weighted by atomic mass is 9.84. The van der Waals surface area contributed by atoms with Gasteiger partial charge in [-0.2, -0.15) is 0 Å². The molecule has 1 N–H and O–H groups in total. The summed E-state index contributed by atoms with van der Waals surface area (Å²) >= 11 is 0. The quantitative estimate of drug-likeness (QED) is 0.803. The molecular weight excluding hydrogens is 248 g/mol. The molecule has 1 aromatic carbocycles. The first-order valence-corrected chi connectivity index (χ1v) is 7.72. The second kappa shape index (κ2) is 6.74. The number of carboxylic acids is 1. The fourth-order valence-corrected chi connectivity index (χ4v) is 3.21. The Hall–Kier alpha value is -1.57. The van der Waals surface area contributed by atoms with Gasteiger partial charge in [-0.15, -0.1) is 0 Å². The van der Waals surface area contributed by atoms with Gasteiger partial charge in [0.1, 0.15) is 0 Å². The van der Waals surface area contributed by atoms with Crippen molar-refractivity contribution in [1.82, 2.24) is 0 Å². The molecule has 0 aromatic heterocycles. The SMILES string of the molecule is CCC(CC)/C(=C\C(=O)O)c1ccc2c(c1)CCCC2. The topological polar surface area (TPSA) is 37.3 Å². The summed E-state index contributed by atoms with van der Waals surface area (Å²) in [5, 5.41) is 9.15. The third kappa shape index (κ3) is 3.30. The molecule has 0 fully saturated rings. The predicted molar refractivity (Wildman–Crippen MR) is 82.8 cm³/mol. The van der Waals surface area contributed by atoms with E-state index >= 15 is 0 Å². The van der Waals surface area contributed by atoms with Crippen molar-refractivity contribution >= 4 is 11.5 Å². The molecular formula is C18H24O2. The predicted octanol–water partition coefficient (Wildman–Crippen LogP) is 4.47. The summed E-state index contributed by atoms with van der Waals surface area (Å²) in [6.45, 7) is 4.25. The monoisotopic (exact) mass is 272 g/mol. The normalized spacial score (nSPS) is 15.2. The third-order valence-electron chi connectivity index (χ3n) is 4.39. The molecule has 1 aliphatic carbocycles. The van der Waals surface area contributed by atoms with E-state index in [1.807, 2.05) is 0 Å². The van der Waals surface area contributed by atoms with Crippen molar-refractivity contribution in [3.63, 3.8) is 0 Å². The Bertz CT molecular complexity index is 510. The van der Waals surface area contributed by atoms with Gasteiger partial charge >= 0.3 is 5.97 Å². The van der Waals surface area contributed by atoms with Crippen LogP contribution in [0.25, 0.3) is 5.57 Å². The molecule has 1 aliphatic rings. The molecule has 2 nitrogen and oxygen atoms in total. The standard InChI is InChI=1S/C18H24O2/c1-3-13(4-2)17(12-18(19)20)16-10-9-14-7-5-6-8-15(14)11-16/h9-13H,3-8H2,1-2H3,(H,19,20)/b17-12+. The van der Waals surface area contributed by atoms with Crippen molar-refractivity contribution in [1.29, 1.82) is 0 Å². The first-order valence-electron chi connectivity index (χ1n) is 7.72. The molecule has 0 amide bonds. The Morgan fingerprint density at radius 1 is 1.20 bits per heavy atom. The smallest absolute Gasteiger partial charge is 0.328 e. The van der Waals surface area contributed by atoms with Crippen LogP contribution in [0.4, 0.5) is 0 Å². The first-order chi connectivity index (χ1) is 9.65. The van der Waals surface area contributed by atoms with Crippen LogP contribution in [-0.4, -0.2) is 11.1 Å². The summed E-state index contributed by atoms with van der Waals surface area (Å²) in [5.41, 5.74) is 4.94. The maximum atomic E-state index is 11.1. The lowest BCUT2D eigenvalue weighted by Crippen LogP contribution is -2.07. The van der Waals surface area contributed by atoms with Gasteiger partial charge in [0.25, 0.3) is 0 Å². The number of aryl methyl sites for hydroxylation is 2. The number of allylic oxidation sites excluding steroid dienone is 1. The van der Waals surface area contributed by atoms with E-state index in [4.69, 9.17) is 5.11 Å². The van der Waals surface area contributed by atoms with Gasteiger partial charge in [0.15, 0.2) is 0 Å². The molecule has 0 unspecified atom stereocenters. The zero-order valence-corrected chi connectivity index (χ0v) is 12.5. The second-order valence-electron chi connectivity index (χ2n) is 5.64. The molecule has 0 saturated carbocycles. The van der Waals surface area contributed by atoms with Crippen molar-refractivity contribution < 1.29 is 9.90 Å². The molecule has 108 valence electrons. The summed E-state index contributed by atoms with van der Waals surface area (Å²) in [6.07, 6.45) is 8.18. The van der Waals surface area contributed by atoms with Crippen LogP contribution in [0.1, 0.15) is 56.2 Å². The molecule has 0 bridgehead atoms. The molecule has 0 atom stereocenters. The van der Waals surface area contributed by atoms with Crippen molar-refractivity contribution in [2.45, 2.75) is 52.4 Å². The number of hydrogen-bond acceptors (Lipinski definition) is 1. The number of rotatable bonds is 5. The fraction of sp³-hybridized carbons (Fsp3) is 0.500. The van der Waals surface area contributed by atoms with E-state index in [2.05, 4.69) is 32.0 Å². The second-order valence-corrected chi connectivity index (χ2v) is 5.64. The van der Waals surface area contributed by atoms with Crippen molar-refractivity contribution in [3.05, 3.63) is 41.0 Å². The van der Waals surface area contributed by atoms with E-state index in [-0.39, 0.29) is 0 Å². The largest absolute Gasteiger partial charge is 0.478 e. The minimum absolute atomic E-state index is 0.327. The summed E-state index contributed by atoms with van der Waals surface area (Å²) in [4.78, 5) is 11.1. The highest BCUT2D eigenvalue weighted by Gasteiger charge is 2.16. The fourth-order valence-electron chi connectivity index (χ4n) is 3.21. The minimum atomic E-state index is -0.843. The van der Waals surface area contributed by atoms with Crippen LogP contribution < -0.4 is 0 Å². The third-order valence-corrected chi connectivity index (χ3v) is 4.39. The van der Waals surface area contributed by atoms with Crippen LogP contribution in [0.3, 0.4) is 0 Å². The summed E-state index contributed by atoms with van der Waals surface area (Å²) in [5.74, 6) is -0.516. The minimum Gasteiger partial charge on any atom is -0.478 e. The zero-order valence-electron chi connectivity index (χ0n) is 12.5. The number of carboxylic acid groups (broad SMARTS) is 1. The molecule has 0 spiro atoms. The summed E-state index contributed by atoms with van der Waals surface area (Å²) in [6, 6.07) is 6.53. The van der Waals surface area contributed by atoms with Crippen LogP contribution in [0, 0.1) is 5.92 Å². The number of fused-ring (bicyclic) bond motifs is 1. The van der Waals surface area contributed by atoms with Gasteiger partial charge in [0.2, 0.25) is 0 Å². The van der Waals surface area contributed by atoms with Crippen LogP contribution in [0.2, 0.25) is 0 Å². The lowest BCUT2D eigenvalue weighted by Gasteiger charge is -2.21. The van der Waals surface area contributed by atoms with Crippen molar-refractivity contribution in [2.24, 2.45) is 5.92 Å². The molecule has 2 heteroatoms. The molecule has 20 heavy (non-hydrogen) atoms. The van der Waals surface area contributed by atoms with Gasteiger partial charge in [-0.3, -0.25) is 0 Å². The average molecular weight is 272 g/mol. The molecule has 0 heterocycles. The van der Waals surface area contributed by atoms with E-state index in [0.717, 1.165) is 30.4 Å². The summed E-state index contributed by atoms with van der Waals surface area (Å²) in [7, 11) is 0. The number of aliphatic carboxylic acids is 1. The maximum Gasteiger partial charge on any atom is 0.328 e. The Morgan fingerprint density at radius 3 is 2.45 bits per heavy atom. The van der Waals surface area contributed by atoms with Gasteiger partial charge in [-0.1, -0.05) is 32.0 Å². The van der Waals surface area contributed by atoms with E-state index in [1.54, 1.807) is 0 Å². The first kappa shape index (κ1) is 14.8. The Labute approximate surface area is 121 Å². The van der Waals surface area contributed by atoms with Crippen LogP contribution in [0.15, 0.2) is 24.3 Å². The van der Waals surface area contributed by atoms with Gasteiger partial charge < -0.3 is 5.11 Å². The van der Waals surface area contributed by atoms with E-state index < -0.39 is 5.97 Å². The molecule has 0 saturated heterocycles. The Kier molecular flexibility index (Phi) is 4.99. The highest BCUT2D eigenvalue weighted by atomic mass is 16.4. The zero-order chi connectivity index (χ0) is 14.5. The Balaban J connectivity index is 2.41. The lowest BCUT2D eigenvalue weighted by molar-refractivity contribution is -0.131. The highest BCUT2D eigenvalue weighted by molar-refractivity contribution is 5.90.